The summed E-state index contributed by atoms with van der Waals surface area (Å²) >= 11 is 0. The second kappa shape index (κ2) is 5.54. The summed E-state index contributed by atoms with van der Waals surface area (Å²) in [5, 5.41) is 21.8. The number of phenolic OH excluding ortho intramolecular Hbond substituents is 1. The lowest BCUT2D eigenvalue weighted by molar-refractivity contribution is 0.0894. The molecule has 2 N–H and O–H groups in total. The van der Waals surface area contributed by atoms with Crippen LogP contribution in [0.5, 0.6) is 5.75 Å². The van der Waals surface area contributed by atoms with E-state index >= 15 is 0 Å². The molecule has 1 aliphatic rings. The van der Waals surface area contributed by atoms with Crippen molar-refractivity contribution in [3.63, 3.8) is 0 Å². The standard InChI is InChI=1S/C16H20N2O2/c1-11-5-7-16(10-17,8-6-11)18-15(20)13-3-4-14(19)12(2)9-13/h3-4,9,11,19H,5-8H2,1-2H3,(H,18,20). The first-order valence-corrected chi connectivity index (χ1v) is 6.99. The first kappa shape index (κ1) is 14.4. The maximum atomic E-state index is 12.3. The predicted octanol–water partition coefficient (Wildman–Crippen LogP) is 2.90. The molecular weight excluding hydrogens is 252 g/mol. The van der Waals surface area contributed by atoms with E-state index in [-0.39, 0.29) is 11.7 Å². The van der Waals surface area contributed by atoms with Gasteiger partial charge in [0.1, 0.15) is 11.3 Å². The molecule has 4 heteroatoms. The monoisotopic (exact) mass is 272 g/mol. The maximum Gasteiger partial charge on any atom is 0.252 e. The number of nitrogens with one attached hydrogen (secondary N) is 1. The summed E-state index contributed by atoms with van der Waals surface area (Å²) in [5.74, 6) is 0.538. The van der Waals surface area contributed by atoms with Crippen LogP contribution in [0.15, 0.2) is 18.2 Å². The molecule has 1 aromatic carbocycles. The number of carbonyl (C=O) groups is 1. The van der Waals surface area contributed by atoms with Crippen LogP contribution in [0.4, 0.5) is 0 Å². The molecule has 1 saturated carbocycles. The zero-order valence-electron chi connectivity index (χ0n) is 11.9. The minimum atomic E-state index is -0.741. The fourth-order valence-electron chi connectivity index (χ4n) is 2.61. The molecule has 1 aromatic rings. The first-order valence-electron chi connectivity index (χ1n) is 6.99. The molecular formula is C16H20N2O2. The van der Waals surface area contributed by atoms with Crippen molar-refractivity contribution in [2.45, 2.75) is 45.1 Å². The normalized spacial score (nSPS) is 25.8. The molecule has 0 aromatic heterocycles. The Balaban J connectivity index is 2.13. The highest BCUT2D eigenvalue weighted by Crippen LogP contribution is 2.31. The van der Waals surface area contributed by atoms with E-state index in [0.717, 1.165) is 12.8 Å². The zero-order valence-corrected chi connectivity index (χ0v) is 11.9. The van der Waals surface area contributed by atoms with E-state index in [1.807, 2.05) is 0 Å². The smallest absolute Gasteiger partial charge is 0.252 e. The minimum absolute atomic E-state index is 0.169. The highest BCUT2D eigenvalue weighted by Gasteiger charge is 2.35. The van der Waals surface area contributed by atoms with Crippen molar-refractivity contribution in [3.8, 4) is 11.8 Å². The zero-order chi connectivity index (χ0) is 14.8. The van der Waals surface area contributed by atoms with Crippen molar-refractivity contribution < 1.29 is 9.90 Å². The van der Waals surface area contributed by atoms with Crippen molar-refractivity contribution in [3.05, 3.63) is 29.3 Å². The third-order valence-corrected chi connectivity index (χ3v) is 4.15. The molecule has 0 radical (unpaired) electrons. The molecule has 0 saturated heterocycles. The topological polar surface area (TPSA) is 73.1 Å². The number of carbonyl (C=O) groups excluding carboxylic acids is 1. The number of hydrogen-bond acceptors (Lipinski definition) is 3. The largest absolute Gasteiger partial charge is 0.508 e. The van der Waals surface area contributed by atoms with Gasteiger partial charge in [0.2, 0.25) is 0 Å². The molecule has 106 valence electrons. The van der Waals surface area contributed by atoms with E-state index < -0.39 is 5.54 Å². The van der Waals surface area contributed by atoms with Crippen LogP contribution < -0.4 is 5.32 Å². The van der Waals surface area contributed by atoms with Gasteiger partial charge < -0.3 is 10.4 Å². The Morgan fingerprint density at radius 2 is 2.10 bits per heavy atom. The van der Waals surface area contributed by atoms with Crippen LogP contribution in [0.2, 0.25) is 0 Å². The van der Waals surface area contributed by atoms with Crippen LogP contribution >= 0.6 is 0 Å². The molecule has 0 atom stereocenters. The van der Waals surface area contributed by atoms with Crippen molar-refractivity contribution in [1.29, 1.82) is 5.26 Å². The number of aromatic hydroxyl groups is 1. The van der Waals surface area contributed by atoms with Crippen LogP contribution in [0, 0.1) is 24.2 Å². The van der Waals surface area contributed by atoms with E-state index in [9.17, 15) is 15.2 Å². The predicted molar refractivity (Wildman–Crippen MR) is 76.3 cm³/mol. The number of aryl methyl sites for hydroxylation is 1. The number of benzene rings is 1. The lowest BCUT2D eigenvalue weighted by Crippen LogP contribution is -2.49. The fraction of sp³-hybridized carbons (Fsp3) is 0.500. The van der Waals surface area contributed by atoms with Gasteiger partial charge in [-0.3, -0.25) is 4.79 Å². The number of amides is 1. The van der Waals surface area contributed by atoms with Crippen molar-refractivity contribution in [2.75, 3.05) is 0 Å². The molecule has 0 bridgehead atoms. The van der Waals surface area contributed by atoms with Gasteiger partial charge >= 0.3 is 0 Å². The van der Waals surface area contributed by atoms with Gasteiger partial charge in [0.05, 0.1) is 6.07 Å². The van der Waals surface area contributed by atoms with E-state index in [2.05, 4.69) is 18.3 Å². The minimum Gasteiger partial charge on any atom is -0.508 e. The van der Waals surface area contributed by atoms with Gasteiger partial charge in [-0.2, -0.15) is 5.26 Å². The van der Waals surface area contributed by atoms with Crippen LogP contribution in [0.25, 0.3) is 0 Å². The number of nitrogens with zero attached hydrogens (tertiary/aromatic N) is 1. The average molecular weight is 272 g/mol. The summed E-state index contributed by atoms with van der Waals surface area (Å²) in [6.45, 7) is 3.92. The third-order valence-electron chi connectivity index (χ3n) is 4.15. The van der Waals surface area contributed by atoms with E-state index in [4.69, 9.17) is 0 Å². The molecule has 20 heavy (non-hydrogen) atoms. The van der Waals surface area contributed by atoms with Crippen LogP contribution in [-0.4, -0.2) is 16.6 Å². The van der Waals surface area contributed by atoms with Crippen LogP contribution in [0.1, 0.15) is 48.5 Å². The summed E-state index contributed by atoms with van der Waals surface area (Å²) in [5.41, 5.74) is 0.393. The van der Waals surface area contributed by atoms with Gasteiger partial charge in [-0.25, -0.2) is 0 Å². The fourth-order valence-corrected chi connectivity index (χ4v) is 2.61. The van der Waals surface area contributed by atoms with E-state index in [1.54, 1.807) is 19.1 Å². The molecule has 2 rings (SSSR count). The number of rotatable bonds is 2. The van der Waals surface area contributed by atoms with E-state index in [0.29, 0.717) is 29.9 Å². The highest BCUT2D eigenvalue weighted by molar-refractivity contribution is 5.95. The Bertz CT molecular complexity index is 552. The summed E-state index contributed by atoms with van der Waals surface area (Å²) in [6.07, 6.45) is 3.33. The molecule has 0 spiro atoms. The van der Waals surface area contributed by atoms with Gasteiger partial charge in [0.15, 0.2) is 0 Å². The average Bonchev–Trinajstić information content (AvgIpc) is 2.44. The number of phenols is 1. The summed E-state index contributed by atoms with van der Waals surface area (Å²) in [7, 11) is 0. The molecule has 0 aliphatic heterocycles. The Labute approximate surface area is 119 Å². The first-order chi connectivity index (χ1) is 9.46. The molecule has 1 aliphatic carbocycles. The van der Waals surface area contributed by atoms with Crippen LogP contribution in [0.3, 0.4) is 0 Å². The third kappa shape index (κ3) is 2.93. The van der Waals surface area contributed by atoms with Gasteiger partial charge in [-0.1, -0.05) is 6.92 Å². The molecule has 0 unspecified atom stereocenters. The van der Waals surface area contributed by atoms with Crippen molar-refractivity contribution >= 4 is 5.91 Å². The number of hydrogen-bond donors (Lipinski definition) is 2. The lowest BCUT2D eigenvalue weighted by Gasteiger charge is -2.34. The molecule has 1 fully saturated rings. The van der Waals surface area contributed by atoms with E-state index in [1.165, 1.54) is 6.07 Å². The summed E-state index contributed by atoms with van der Waals surface area (Å²) < 4.78 is 0. The Kier molecular flexibility index (Phi) is 3.99. The molecule has 4 nitrogen and oxygen atoms in total. The van der Waals surface area contributed by atoms with Gasteiger partial charge in [0.25, 0.3) is 5.91 Å². The van der Waals surface area contributed by atoms with Crippen molar-refractivity contribution in [2.24, 2.45) is 5.92 Å². The SMILES string of the molecule is Cc1cc(C(=O)NC2(C#N)CCC(C)CC2)ccc1O. The lowest BCUT2D eigenvalue weighted by atomic mass is 9.78. The Morgan fingerprint density at radius 1 is 1.45 bits per heavy atom. The maximum absolute atomic E-state index is 12.3. The Morgan fingerprint density at radius 3 is 2.65 bits per heavy atom. The van der Waals surface area contributed by atoms with Gasteiger partial charge in [0, 0.05) is 5.56 Å². The second-order valence-electron chi connectivity index (χ2n) is 5.83. The van der Waals surface area contributed by atoms with Gasteiger partial charge in [-0.15, -0.1) is 0 Å². The molecule has 0 heterocycles. The summed E-state index contributed by atoms with van der Waals surface area (Å²) in [4.78, 5) is 12.3. The summed E-state index contributed by atoms with van der Waals surface area (Å²) in [6, 6.07) is 7.01. The second-order valence-corrected chi connectivity index (χ2v) is 5.83. The molecule has 1 amide bonds. The Hall–Kier alpha value is -2.02. The van der Waals surface area contributed by atoms with Gasteiger partial charge in [-0.05, 0) is 62.3 Å². The number of nitriles is 1. The quantitative estimate of drug-likeness (QED) is 0.869. The van der Waals surface area contributed by atoms with Crippen molar-refractivity contribution in [1.82, 2.24) is 5.32 Å². The van der Waals surface area contributed by atoms with Crippen LogP contribution in [-0.2, 0) is 0 Å². The highest BCUT2D eigenvalue weighted by atomic mass is 16.3.